The number of carboxylic acid groups (broad SMARTS) is 1. The standard InChI is InChI=1S/C22H20O3/c23-22(24)14-13-19-10-4-5-12-21(19)25-16-17-7-6-11-20(15-17)18-8-2-1-3-9-18/h1-12,15H,13-14,16H2,(H,23,24). The molecular weight excluding hydrogens is 312 g/mol. The normalized spacial score (nSPS) is 10.4. The average Bonchev–Trinajstić information content (AvgIpc) is 2.66. The lowest BCUT2D eigenvalue weighted by atomic mass is 10.0. The second-order valence-corrected chi connectivity index (χ2v) is 5.86. The topological polar surface area (TPSA) is 46.5 Å². The zero-order chi connectivity index (χ0) is 17.5. The van der Waals surface area contributed by atoms with Crippen LogP contribution in [0.4, 0.5) is 0 Å². The van der Waals surface area contributed by atoms with Crippen LogP contribution in [-0.4, -0.2) is 11.1 Å². The van der Waals surface area contributed by atoms with Crippen LogP contribution >= 0.6 is 0 Å². The van der Waals surface area contributed by atoms with E-state index < -0.39 is 5.97 Å². The van der Waals surface area contributed by atoms with Crippen molar-refractivity contribution in [1.82, 2.24) is 0 Å². The molecule has 0 aliphatic rings. The maximum absolute atomic E-state index is 10.8. The van der Waals surface area contributed by atoms with Crippen molar-refractivity contribution in [3.8, 4) is 16.9 Å². The summed E-state index contributed by atoms with van der Waals surface area (Å²) in [5, 5.41) is 8.87. The first-order valence-electron chi connectivity index (χ1n) is 8.29. The van der Waals surface area contributed by atoms with E-state index in [1.165, 1.54) is 5.56 Å². The first-order chi connectivity index (χ1) is 12.2. The molecule has 0 saturated carbocycles. The van der Waals surface area contributed by atoms with E-state index in [4.69, 9.17) is 9.84 Å². The quantitative estimate of drug-likeness (QED) is 0.666. The Morgan fingerprint density at radius 3 is 2.36 bits per heavy atom. The van der Waals surface area contributed by atoms with E-state index in [1.807, 2.05) is 54.6 Å². The van der Waals surface area contributed by atoms with E-state index in [9.17, 15) is 4.79 Å². The van der Waals surface area contributed by atoms with Crippen LogP contribution in [0.1, 0.15) is 17.5 Å². The van der Waals surface area contributed by atoms with Gasteiger partial charge in [-0.2, -0.15) is 0 Å². The number of para-hydroxylation sites is 1. The van der Waals surface area contributed by atoms with Crippen LogP contribution in [-0.2, 0) is 17.8 Å². The van der Waals surface area contributed by atoms with E-state index in [1.54, 1.807) is 0 Å². The van der Waals surface area contributed by atoms with Crippen LogP contribution < -0.4 is 4.74 Å². The predicted molar refractivity (Wildman–Crippen MR) is 98.6 cm³/mol. The second kappa shape index (κ2) is 8.15. The molecule has 0 aliphatic heterocycles. The molecule has 0 heterocycles. The monoisotopic (exact) mass is 332 g/mol. The molecule has 3 aromatic rings. The fraction of sp³-hybridized carbons (Fsp3) is 0.136. The number of rotatable bonds is 7. The highest BCUT2D eigenvalue weighted by Gasteiger charge is 2.06. The van der Waals surface area contributed by atoms with Gasteiger partial charge < -0.3 is 9.84 Å². The maximum Gasteiger partial charge on any atom is 0.303 e. The molecule has 0 amide bonds. The summed E-state index contributed by atoms with van der Waals surface area (Å²) in [6, 6.07) is 26.1. The first-order valence-corrected chi connectivity index (χ1v) is 8.29. The van der Waals surface area contributed by atoms with Crippen molar-refractivity contribution < 1.29 is 14.6 Å². The van der Waals surface area contributed by atoms with Crippen LogP contribution in [0.2, 0.25) is 0 Å². The van der Waals surface area contributed by atoms with Crippen LogP contribution in [0.15, 0.2) is 78.9 Å². The summed E-state index contributed by atoms with van der Waals surface area (Å²) < 4.78 is 5.95. The average molecular weight is 332 g/mol. The number of hydrogen-bond donors (Lipinski definition) is 1. The molecular formula is C22H20O3. The molecule has 0 spiro atoms. The van der Waals surface area contributed by atoms with Crippen molar-refractivity contribution in [2.45, 2.75) is 19.4 Å². The fourth-order valence-corrected chi connectivity index (χ4v) is 2.73. The highest BCUT2D eigenvalue weighted by atomic mass is 16.5. The summed E-state index contributed by atoms with van der Waals surface area (Å²) in [4.78, 5) is 10.8. The van der Waals surface area contributed by atoms with Gasteiger partial charge in [-0.25, -0.2) is 0 Å². The van der Waals surface area contributed by atoms with Gasteiger partial charge in [-0.05, 0) is 40.8 Å². The Bertz CT molecular complexity index is 841. The molecule has 0 bridgehead atoms. The van der Waals surface area contributed by atoms with Crippen LogP contribution in [0, 0.1) is 0 Å². The number of aryl methyl sites for hydroxylation is 1. The summed E-state index contributed by atoms with van der Waals surface area (Å²) >= 11 is 0. The van der Waals surface area contributed by atoms with E-state index in [0.29, 0.717) is 13.0 Å². The second-order valence-electron chi connectivity index (χ2n) is 5.86. The Morgan fingerprint density at radius 2 is 1.56 bits per heavy atom. The van der Waals surface area contributed by atoms with E-state index in [2.05, 4.69) is 24.3 Å². The van der Waals surface area contributed by atoms with Crippen molar-refractivity contribution >= 4 is 5.97 Å². The Hall–Kier alpha value is -3.07. The molecule has 0 aliphatic carbocycles. The SMILES string of the molecule is O=C(O)CCc1ccccc1OCc1cccc(-c2ccccc2)c1. The molecule has 0 radical (unpaired) electrons. The summed E-state index contributed by atoms with van der Waals surface area (Å²) in [7, 11) is 0. The number of carboxylic acids is 1. The molecule has 1 N–H and O–H groups in total. The molecule has 0 fully saturated rings. The minimum atomic E-state index is -0.801. The smallest absolute Gasteiger partial charge is 0.303 e. The van der Waals surface area contributed by atoms with Gasteiger partial charge in [0.15, 0.2) is 0 Å². The number of benzene rings is 3. The summed E-state index contributed by atoms with van der Waals surface area (Å²) in [6.45, 7) is 0.449. The van der Waals surface area contributed by atoms with Gasteiger partial charge in [0, 0.05) is 6.42 Å². The van der Waals surface area contributed by atoms with Crippen molar-refractivity contribution in [3.05, 3.63) is 90.0 Å². The summed E-state index contributed by atoms with van der Waals surface area (Å²) in [5.41, 5.74) is 4.32. The van der Waals surface area contributed by atoms with Gasteiger partial charge in [0.25, 0.3) is 0 Å². The van der Waals surface area contributed by atoms with Gasteiger partial charge >= 0.3 is 5.97 Å². The van der Waals surface area contributed by atoms with Gasteiger partial charge in [0.1, 0.15) is 12.4 Å². The molecule has 3 nitrogen and oxygen atoms in total. The number of aliphatic carboxylic acids is 1. The highest BCUT2D eigenvalue weighted by molar-refractivity contribution is 5.67. The van der Waals surface area contributed by atoms with Gasteiger partial charge in [0.2, 0.25) is 0 Å². The van der Waals surface area contributed by atoms with Crippen molar-refractivity contribution in [2.75, 3.05) is 0 Å². The molecule has 25 heavy (non-hydrogen) atoms. The van der Waals surface area contributed by atoms with E-state index in [0.717, 1.165) is 22.4 Å². The van der Waals surface area contributed by atoms with Crippen molar-refractivity contribution in [3.63, 3.8) is 0 Å². The van der Waals surface area contributed by atoms with Gasteiger partial charge in [-0.3, -0.25) is 4.79 Å². The minimum absolute atomic E-state index is 0.101. The third-order valence-corrected chi connectivity index (χ3v) is 4.01. The first kappa shape index (κ1) is 16.8. The molecule has 3 heteroatoms. The number of hydrogen-bond acceptors (Lipinski definition) is 2. The van der Waals surface area contributed by atoms with Gasteiger partial charge in [0.05, 0.1) is 0 Å². The predicted octanol–water partition coefficient (Wildman–Crippen LogP) is 4.95. The fourth-order valence-electron chi connectivity index (χ4n) is 2.73. The van der Waals surface area contributed by atoms with Crippen molar-refractivity contribution in [1.29, 1.82) is 0 Å². The summed E-state index contributed by atoms with van der Waals surface area (Å²) in [6.07, 6.45) is 0.569. The van der Waals surface area contributed by atoms with Crippen LogP contribution in [0.3, 0.4) is 0 Å². The lowest BCUT2D eigenvalue weighted by Gasteiger charge is -2.12. The molecule has 0 saturated heterocycles. The Kier molecular flexibility index (Phi) is 5.47. The van der Waals surface area contributed by atoms with Crippen LogP contribution in [0.25, 0.3) is 11.1 Å². The van der Waals surface area contributed by atoms with Crippen molar-refractivity contribution in [2.24, 2.45) is 0 Å². The minimum Gasteiger partial charge on any atom is -0.489 e. The molecule has 0 atom stereocenters. The Morgan fingerprint density at radius 1 is 0.840 bits per heavy atom. The highest BCUT2D eigenvalue weighted by Crippen LogP contribution is 2.23. The van der Waals surface area contributed by atoms with E-state index >= 15 is 0 Å². The number of carbonyl (C=O) groups is 1. The molecule has 126 valence electrons. The molecule has 3 rings (SSSR count). The third-order valence-electron chi connectivity index (χ3n) is 4.01. The molecule has 0 unspecified atom stereocenters. The largest absolute Gasteiger partial charge is 0.489 e. The summed E-state index contributed by atoms with van der Waals surface area (Å²) in [5.74, 6) is -0.0563. The van der Waals surface area contributed by atoms with Gasteiger partial charge in [-0.1, -0.05) is 66.7 Å². The molecule has 0 aromatic heterocycles. The Balaban J connectivity index is 1.71. The van der Waals surface area contributed by atoms with E-state index in [-0.39, 0.29) is 6.42 Å². The third kappa shape index (κ3) is 4.70. The van der Waals surface area contributed by atoms with Crippen LogP contribution in [0.5, 0.6) is 5.75 Å². The van der Waals surface area contributed by atoms with Gasteiger partial charge in [-0.15, -0.1) is 0 Å². The number of ether oxygens (including phenoxy) is 1. The maximum atomic E-state index is 10.8. The Labute approximate surface area is 147 Å². The lowest BCUT2D eigenvalue weighted by molar-refractivity contribution is -0.136. The zero-order valence-corrected chi connectivity index (χ0v) is 13.9. The lowest BCUT2D eigenvalue weighted by Crippen LogP contribution is -2.02. The molecule has 3 aromatic carbocycles. The zero-order valence-electron chi connectivity index (χ0n) is 13.9.